The quantitative estimate of drug-likeness (QED) is 0.677. The van der Waals surface area contributed by atoms with Gasteiger partial charge < -0.3 is 4.74 Å². The fourth-order valence-corrected chi connectivity index (χ4v) is 4.01. The van der Waals surface area contributed by atoms with E-state index >= 15 is 0 Å². The van der Waals surface area contributed by atoms with Crippen molar-refractivity contribution in [2.24, 2.45) is 0 Å². The Morgan fingerprint density at radius 3 is 1.88 bits per heavy atom. The Labute approximate surface area is 148 Å². The molecule has 0 radical (unpaired) electrons. The van der Waals surface area contributed by atoms with Crippen LogP contribution in [0.15, 0.2) is 83.8 Å². The Hall–Kier alpha value is -2.79. The molecule has 25 heavy (non-hydrogen) atoms. The van der Waals surface area contributed by atoms with E-state index in [4.69, 9.17) is 4.74 Å². The lowest BCUT2D eigenvalue weighted by molar-refractivity contribution is 0.415. The number of anilines is 2. The molecule has 4 nitrogen and oxygen atoms in total. The summed E-state index contributed by atoms with van der Waals surface area (Å²) in [6.45, 7) is 1.93. The van der Waals surface area contributed by atoms with E-state index in [0.29, 0.717) is 17.1 Å². The maximum absolute atomic E-state index is 13.3. The second-order valence-electron chi connectivity index (χ2n) is 5.62. The van der Waals surface area contributed by atoms with Gasteiger partial charge in [0.05, 0.1) is 23.4 Å². The molecule has 0 bridgehead atoms. The summed E-state index contributed by atoms with van der Waals surface area (Å²) in [7, 11) is -2.17. The third-order valence-corrected chi connectivity index (χ3v) is 5.63. The van der Waals surface area contributed by atoms with Gasteiger partial charge in [0.25, 0.3) is 10.0 Å². The summed E-state index contributed by atoms with van der Waals surface area (Å²) in [6.07, 6.45) is 0. The van der Waals surface area contributed by atoms with E-state index in [9.17, 15) is 8.42 Å². The number of nitrogens with zero attached hydrogens (tertiary/aromatic N) is 1. The lowest BCUT2D eigenvalue weighted by atomic mass is 10.2. The molecular formula is C20H19NO3S. The summed E-state index contributed by atoms with van der Waals surface area (Å²) in [4.78, 5) is 0.248. The van der Waals surface area contributed by atoms with Crippen molar-refractivity contribution >= 4 is 21.4 Å². The monoisotopic (exact) mass is 353 g/mol. The highest BCUT2D eigenvalue weighted by Crippen LogP contribution is 2.33. The maximum Gasteiger partial charge on any atom is 0.268 e. The summed E-state index contributed by atoms with van der Waals surface area (Å²) in [5.74, 6) is 0.671. The number of aryl methyl sites for hydroxylation is 1. The van der Waals surface area contributed by atoms with Crippen LogP contribution in [0.2, 0.25) is 0 Å². The second kappa shape index (κ2) is 6.99. The summed E-state index contributed by atoms with van der Waals surface area (Å²) in [6, 6.07) is 22.8. The largest absolute Gasteiger partial charge is 0.497 e. The SMILES string of the molecule is COc1ccc(N(c2ccccc2)S(=O)(=O)c2ccc(C)cc2)cc1. The Morgan fingerprint density at radius 2 is 1.32 bits per heavy atom. The van der Waals surface area contributed by atoms with Crippen LogP contribution in [0.3, 0.4) is 0 Å². The predicted octanol–water partition coefficient (Wildman–Crippen LogP) is 4.53. The van der Waals surface area contributed by atoms with E-state index < -0.39 is 10.0 Å². The molecule has 0 atom stereocenters. The van der Waals surface area contributed by atoms with E-state index in [1.54, 1.807) is 67.8 Å². The highest BCUT2D eigenvalue weighted by atomic mass is 32.2. The van der Waals surface area contributed by atoms with Crippen LogP contribution >= 0.6 is 0 Å². The Kier molecular flexibility index (Phi) is 4.76. The van der Waals surface area contributed by atoms with Crippen molar-refractivity contribution in [3.63, 3.8) is 0 Å². The number of methoxy groups -OCH3 is 1. The van der Waals surface area contributed by atoms with Crippen molar-refractivity contribution in [3.8, 4) is 5.75 Å². The first kappa shape index (κ1) is 17.0. The first-order valence-electron chi connectivity index (χ1n) is 7.83. The molecule has 0 fully saturated rings. The standard InChI is InChI=1S/C20H19NO3S/c1-16-8-14-20(15-9-16)25(22,23)21(17-6-4-3-5-7-17)18-10-12-19(24-2)13-11-18/h3-15H,1-2H3. The number of hydrogen-bond acceptors (Lipinski definition) is 3. The van der Waals surface area contributed by atoms with E-state index in [0.717, 1.165) is 5.56 Å². The molecule has 0 heterocycles. The molecule has 0 unspecified atom stereocenters. The fraction of sp³-hybridized carbons (Fsp3) is 0.100. The van der Waals surface area contributed by atoms with Gasteiger partial charge in [-0.3, -0.25) is 0 Å². The molecule has 0 amide bonds. The zero-order valence-corrected chi connectivity index (χ0v) is 14.9. The molecule has 0 saturated heterocycles. The molecule has 0 aromatic heterocycles. The number of sulfonamides is 1. The first-order valence-corrected chi connectivity index (χ1v) is 9.27. The number of para-hydroxylation sites is 1. The van der Waals surface area contributed by atoms with Gasteiger partial charge in [-0.15, -0.1) is 0 Å². The van der Waals surface area contributed by atoms with Crippen molar-refractivity contribution in [3.05, 3.63) is 84.4 Å². The van der Waals surface area contributed by atoms with Crippen LogP contribution in [-0.4, -0.2) is 15.5 Å². The lowest BCUT2D eigenvalue weighted by Crippen LogP contribution is -2.26. The van der Waals surface area contributed by atoms with Crippen molar-refractivity contribution in [1.82, 2.24) is 0 Å². The van der Waals surface area contributed by atoms with E-state index in [1.165, 1.54) is 4.31 Å². The van der Waals surface area contributed by atoms with Crippen LogP contribution in [0.25, 0.3) is 0 Å². The van der Waals surface area contributed by atoms with Gasteiger partial charge in [0.2, 0.25) is 0 Å². The van der Waals surface area contributed by atoms with Gasteiger partial charge in [0, 0.05) is 0 Å². The smallest absolute Gasteiger partial charge is 0.268 e. The zero-order valence-electron chi connectivity index (χ0n) is 14.1. The topological polar surface area (TPSA) is 46.6 Å². The van der Waals surface area contributed by atoms with Crippen molar-refractivity contribution < 1.29 is 13.2 Å². The highest BCUT2D eigenvalue weighted by molar-refractivity contribution is 7.93. The van der Waals surface area contributed by atoms with Crippen LogP contribution < -0.4 is 9.04 Å². The minimum atomic E-state index is -3.75. The minimum absolute atomic E-state index is 0.248. The highest BCUT2D eigenvalue weighted by Gasteiger charge is 2.26. The molecule has 3 aromatic rings. The predicted molar refractivity (Wildman–Crippen MR) is 99.9 cm³/mol. The third kappa shape index (κ3) is 3.51. The summed E-state index contributed by atoms with van der Waals surface area (Å²) in [5, 5.41) is 0. The van der Waals surface area contributed by atoms with E-state index in [1.807, 2.05) is 25.1 Å². The Bertz CT molecular complexity index is 934. The van der Waals surface area contributed by atoms with Crippen molar-refractivity contribution in [1.29, 1.82) is 0 Å². The van der Waals surface area contributed by atoms with Crippen LogP contribution in [0, 0.1) is 6.92 Å². The molecule has 0 spiro atoms. The number of hydrogen-bond donors (Lipinski definition) is 0. The van der Waals surface area contributed by atoms with Crippen LogP contribution in [0.4, 0.5) is 11.4 Å². The molecule has 0 saturated carbocycles. The lowest BCUT2D eigenvalue weighted by Gasteiger charge is -2.25. The van der Waals surface area contributed by atoms with Gasteiger partial charge in [0.1, 0.15) is 5.75 Å². The molecule has 0 N–H and O–H groups in total. The molecular weight excluding hydrogens is 334 g/mol. The van der Waals surface area contributed by atoms with Crippen LogP contribution in [-0.2, 0) is 10.0 Å². The maximum atomic E-state index is 13.3. The van der Waals surface area contributed by atoms with Gasteiger partial charge >= 0.3 is 0 Å². The average Bonchev–Trinajstić information content (AvgIpc) is 2.63. The summed E-state index contributed by atoms with van der Waals surface area (Å²) in [5.41, 5.74) is 2.13. The van der Waals surface area contributed by atoms with Crippen molar-refractivity contribution in [2.75, 3.05) is 11.4 Å². The van der Waals surface area contributed by atoms with Crippen LogP contribution in [0.5, 0.6) is 5.75 Å². The third-order valence-electron chi connectivity index (χ3n) is 3.86. The summed E-state index contributed by atoms with van der Waals surface area (Å²) < 4.78 is 33.1. The van der Waals surface area contributed by atoms with Gasteiger partial charge in [0.15, 0.2) is 0 Å². The van der Waals surface area contributed by atoms with Crippen molar-refractivity contribution in [2.45, 2.75) is 11.8 Å². The van der Waals surface area contributed by atoms with Gasteiger partial charge in [-0.05, 0) is 55.5 Å². The van der Waals surface area contributed by atoms with Crippen LogP contribution in [0.1, 0.15) is 5.56 Å². The molecule has 0 aliphatic rings. The molecule has 3 rings (SSSR count). The molecule has 0 aliphatic carbocycles. The Morgan fingerprint density at radius 1 is 0.760 bits per heavy atom. The Balaban J connectivity index is 2.15. The fourth-order valence-electron chi connectivity index (χ4n) is 2.52. The minimum Gasteiger partial charge on any atom is -0.497 e. The average molecular weight is 353 g/mol. The normalized spacial score (nSPS) is 11.1. The van der Waals surface area contributed by atoms with Gasteiger partial charge in [-0.2, -0.15) is 0 Å². The molecule has 3 aromatic carbocycles. The van der Waals surface area contributed by atoms with Gasteiger partial charge in [-0.1, -0.05) is 35.9 Å². The number of ether oxygens (including phenoxy) is 1. The molecule has 0 aliphatic heterocycles. The first-order chi connectivity index (χ1) is 12.0. The molecule has 5 heteroatoms. The van der Waals surface area contributed by atoms with E-state index in [-0.39, 0.29) is 4.90 Å². The van der Waals surface area contributed by atoms with E-state index in [2.05, 4.69) is 0 Å². The number of rotatable bonds is 5. The summed E-state index contributed by atoms with van der Waals surface area (Å²) >= 11 is 0. The number of benzene rings is 3. The zero-order chi connectivity index (χ0) is 17.9. The molecule has 128 valence electrons. The second-order valence-corrected chi connectivity index (χ2v) is 7.40. The van der Waals surface area contributed by atoms with Gasteiger partial charge in [-0.25, -0.2) is 12.7 Å².